The highest BCUT2D eigenvalue weighted by atomic mass is 16.6. The lowest BCUT2D eigenvalue weighted by Gasteiger charge is -2.18. The second-order valence-corrected chi connectivity index (χ2v) is 2.62. The zero-order valence-corrected chi connectivity index (χ0v) is 5.78. The lowest BCUT2D eigenvalue weighted by Crippen LogP contribution is -2.33. The van der Waals surface area contributed by atoms with Crippen LogP contribution in [0, 0.1) is 15.5 Å². The molecule has 0 aliphatic heterocycles. The molecule has 5 nitrogen and oxygen atoms in total. The number of hydrogen-bond donors (Lipinski definition) is 2. The molecule has 0 aromatic carbocycles. The number of nitrogens with zero attached hydrogens (tertiary/aromatic N) is 1. The Bertz CT molecular complexity index is 121. The van der Waals surface area contributed by atoms with E-state index in [-0.39, 0.29) is 13.2 Å². The van der Waals surface area contributed by atoms with Gasteiger partial charge in [0.2, 0.25) is 6.54 Å². The van der Waals surface area contributed by atoms with Crippen LogP contribution < -0.4 is 0 Å². The molecule has 0 aliphatic rings. The van der Waals surface area contributed by atoms with Crippen molar-refractivity contribution in [2.75, 3.05) is 19.8 Å². The smallest absolute Gasteiger partial charge is 0.213 e. The molecule has 5 heteroatoms. The third-order valence-corrected chi connectivity index (χ3v) is 1.27. The Hall–Kier alpha value is -0.680. The van der Waals surface area contributed by atoms with Crippen molar-refractivity contribution < 1.29 is 15.1 Å². The van der Waals surface area contributed by atoms with Gasteiger partial charge in [-0.3, -0.25) is 10.1 Å². The number of aliphatic hydroxyl groups is 2. The van der Waals surface area contributed by atoms with Crippen LogP contribution in [-0.2, 0) is 0 Å². The van der Waals surface area contributed by atoms with Crippen molar-refractivity contribution in [3.8, 4) is 0 Å². The van der Waals surface area contributed by atoms with E-state index in [0.29, 0.717) is 0 Å². The summed E-state index contributed by atoms with van der Waals surface area (Å²) in [6, 6.07) is 0. The number of hydrogen-bond acceptors (Lipinski definition) is 4. The van der Waals surface area contributed by atoms with Crippen molar-refractivity contribution in [3.63, 3.8) is 0 Å². The highest BCUT2D eigenvalue weighted by Crippen LogP contribution is 2.13. The van der Waals surface area contributed by atoms with E-state index >= 15 is 0 Å². The first-order valence-corrected chi connectivity index (χ1v) is 2.87. The highest BCUT2D eigenvalue weighted by molar-refractivity contribution is 4.70. The standard InChI is InChI=1S/C5H11NO4/c1-5(3-7,4-8)2-6(9)10/h7-8H,2-4H2,1H3. The van der Waals surface area contributed by atoms with Crippen molar-refractivity contribution in [1.82, 2.24) is 0 Å². The van der Waals surface area contributed by atoms with Gasteiger partial charge in [0.25, 0.3) is 0 Å². The van der Waals surface area contributed by atoms with E-state index in [9.17, 15) is 10.1 Å². The van der Waals surface area contributed by atoms with Crippen LogP contribution in [0.25, 0.3) is 0 Å². The summed E-state index contributed by atoms with van der Waals surface area (Å²) in [6.45, 7) is 0.310. The molecule has 0 amide bonds. The molecular weight excluding hydrogens is 138 g/mol. The Kier molecular flexibility index (Phi) is 3.24. The first kappa shape index (κ1) is 9.32. The van der Waals surface area contributed by atoms with Gasteiger partial charge >= 0.3 is 0 Å². The monoisotopic (exact) mass is 149 g/mol. The second-order valence-electron chi connectivity index (χ2n) is 2.62. The number of aliphatic hydroxyl groups excluding tert-OH is 2. The molecule has 60 valence electrons. The van der Waals surface area contributed by atoms with Gasteiger partial charge in [0.1, 0.15) is 0 Å². The zero-order valence-electron chi connectivity index (χ0n) is 5.78. The third-order valence-electron chi connectivity index (χ3n) is 1.27. The normalized spacial score (nSPS) is 11.5. The molecule has 2 N–H and O–H groups in total. The van der Waals surface area contributed by atoms with Gasteiger partial charge in [-0.1, -0.05) is 0 Å². The van der Waals surface area contributed by atoms with Crippen LogP contribution in [0.2, 0.25) is 0 Å². The predicted molar refractivity (Wildman–Crippen MR) is 34.1 cm³/mol. The molecule has 0 bridgehead atoms. The van der Waals surface area contributed by atoms with Gasteiger partial charge in [0, 0.05) is 4.92 Å². The molecule has 0 rings (SSSR count). The summed E-state index contributed by atoms with van der Waals surface area (Å²) in [5, 5.41) is 27.1. The van der Waals surface area contributed by atoms with Crippen LogP contribution in [0.4, 0.5) is 0 Å². The number of nitro groups is 1. The average molecular weight is 149 g/mol. The van der Waals surface area contributed by atoms with Crippen LogP contribution in [0.5, 0.6) is 0 Å². The van der Waals surface area contributed by atoms with Crippen molar-refractivity contribution in [3.05, 3.63) is 10.1 Å². The molecule has 0 aliphatic carbocycles. The van der Waals surface area contributed by atoms with Gasteiger partial charge in [0.05, 0.1) is 18.6 Å². The first-order valence-electron chi connectivity index (χ1n) is 2.87. The second kappa shape index (κ2) is 3.48. The van der Waals surface area contributed by atoms with Crippen LogP contribution >= 0.6 is 0 Å². The van der Waals surface area contributed by atoms with Gasteiger partial charge in [-0.15, -0.1) is 0 Å². The largest absolute Gasteiger partial charge is 0.395 e. The van der Waals surface area contributed by atoms with Crippen molar-refractivity contribution in [2.45, 2.75) is 6.92 Å². The highest BCUT2D eigenvalue weighted by Gasteiger charge is 2.28. The van der Waals surface area contributed by atoms with E-state index in [4.69, 9.17) is 10.2 Å². The molecule has 0 unspecified atom stereocenters. The number of rotatable bonds is 4. The van der Waals surface area contributed by atoms with E-state index in [0.717, 1.165) is 0 Å². The van der Waals surface area contributed by atoms with E-state index in [1.54, 1.807) is 0 Å². The molecule has 0 radical (unpaired) electrons. The third kappa shape index (κ3) is 2.75. The fourth-order valence-corrected chi connectivity index (χ4v) is 0.462. The average Bonchev–Trinajstić information content (AvgIpc) is 1.87. The fraction of sp³-hybridized carbons (Fsp3) is 1.00. The lowest BCUT2D eigenvalue weighted by molar-refractivity contribution is -0.498. The minimum Gasteiger partial charge on any atom is -0.395 e. The SMILES string of the molecule is CC(CO)(CO)C[N+](=O)[O-]. The van der Waals surface area contributed by atoms with E-state index < -0.39 is 16.9 Å². The molecule has 0 heterocycles. The minimum absolute atomic E-state index is 0.371. The van der Waals surface area contributed by atoms with E-state index in [1.807, 2.05) is 0 Å². The summed E-state index contributed by atoms with van der Waals surface area (Å²) in [5.74, 6) is 0. The Morgan fingerprint density at radius 1 is 1.50 bits per heavy atom. The van der Waals surface area contributed by atoms with Gasteiger partial charge in [0.15, 0.2) is 0 Å². The van der Waals surface area contributed by atoms with Gasteiger partial charge in [-0.05, 0) is 6.92 Å². The molecular formula is C5H11NO4. The molecule has 0 saturated carbocycles. The predicted octanol–water partition coefficient (Wildman–Crippen LogP) is -0.746. The van der Waals surface area contributed by atoms with Crippen LogP contribution in [0.3, 0.4) is 0 Å². The van der Waals surface area contributed by atoms with E-state index in [2.05, 4.69) is 0 Å². The van der Waals surface area contributed by atoms with Crippen molar-refractivity contribution in [2.24, 2.45) is 5.41 Å². The molecule has 0 saturated heterocycles. The quantitative estimate of drug-likeness (QED) is 0.407. The summed E-state index contributed by atoms with van der Waals surface area (Å²) in [7, 11) is 0. The van der Waals surface area contributed by atoms with Crippen LogP contribution in [0.15, 0.2) is 0 Å². The topological polar surface area (TPSA) is 83.6 Å². The van der Waals surface area contributed by atoms with Crippen molar-refractivity contribution >= 4 is 0 Å². The van der Waals surface area contributed by atoms with Gasteiger partial charge < -0.3 is 10.2 Å². The van der Waals surface area contributed by atoms with Gasteiger partial charge in [-0.25, -0.2) is 0 Å². The summed E-state index contributed by atoms with van der Waals surface area (Å²) in [4.78, 5) is 9.37. The molecule has 0 aromatic rings. The maximum Gasteiger partial charge on any atom is 0.213 e. The lowest BCUT2D eigenvalue weighted by atomic mass is 9.93. The van der Waals surface area contributed by atoms with Gasteiger partial charge in [-0.2, -0.15) is 0 Å². The first-order chi connectivity index (χ1) is 4.54. The molecule has 0 fully saturated rings. The van der Waals surface area contributed by atoms with E-state index in [1.165, 1.54) is 6.92 Å². The van der Waals surface area contributed by atoms with Crippen LogP contribution in [0.1, 0.15) is 6.92 Å². The summed E-state index contributed by atoms with van der Waals surface area (Å²) < 4.78 is 0. The molecule has 0 spiro atoms. The maximum atomic E-state index is 9.92. The molecule has 10 heavy (non-hydrogen) atoms. The van der Waals surface area contributed by atoms with Crippen molar-refractivity contribution in [1.29, 1.82) is 0 Å². The fourth-order valence-electron chi connectivity index (χ4n) is 0.462. The summed E-state index contributed by atoms with van der Waals surface area (Å²) in [5.41, 5.74) is -0.983. The van der Waals surface area contributed by atoms with Crippen LogP contribution in [-0.4, -0.2) is 34.9 Å². The summed E-state index contributed by atoms with van der Waals surface area (Å²) >= 11 is 0. The Labute approximate surface area is 58.4 Å². The zero-order chi connectivity index (χ0) is 8.20. The molecule has 0 aromatic heterocycles. The summed E-state index contributed by atoms with van der Waals surface area (Å²) in [6.07, 6.45) is 0. The minimum atomic E-state index is -0.983. The Morgan fingerprint density at radius 2 is 1.90 bits per heavy atom. The maximum absolute atomic E-state index is 9.92. The Morgan fingerprint density at radius 3 is 2.00 bits per heavy atom. The Balaban J connectivity index is 3.92. The molecule has 0 atom stereocenters.